The molecule has 138 valence electrons. The molecular formula is C24H17F2NO. The van der Waals surface area contributed by atoms with E-state index in [2.05, 4.69) is 13.2 Å². The van der Waals surface area contributed by atoms with E-state index >= 15 is 0 Å². The third-order valence-corrected chi connectivity index (χ3v) is 4.56. The third-order valence-electron chi connectivity index (χ3n) is 4.56. The molecule has 0 radical (unpaired) electrons. The Morgan fingerprint density at radius 1 is 0.857 bits per heavy atom. The van der Waals surface area contributed by atoms with Crippen LogP contribution in [0, 0.1) is 11.6 Å². The molecule has 0 aromatic heterocycles. The molecule has 0 atom stereocenters. The number of anilines is 2. The zero-order valence-electron chi connectivity index (χ0n) is 15.0. The topological polar surface area (TPSA) is 12.5 Å². The van der Waals surface area contributed by atoms with Gasteiger partial charge in [-0.2, -0.15) is 0 Å². The fraction of sp³-hybridized carbons (Fsp3) is 0. The monoisotopic (exact) mass is 373 g/mol. The highest BCUT2D eigenvalue weighted by Crippen LogP contribution is 2.43. The lowest BCUT2D eigenvalue weighted by atomic mass is 10.0. The van der Waals surface area contributed by atoms with Crippen molar-refractivity contribution in [1.29, 1.82) is 0 Å². The third kappa shape index (κ3) is 2.99. The molecule has 0 fully saturated rings. The van der Waals surface area contributed by atoms with Gasteiger partial charge in [-0.05, 0) is 60.2 Å². The first-order valence-electron chi connectivity index (χ1n) is 8.74. The number of para-hydroxylation sites is 2. The van der Waals surface area contributed by atoms with E-state index in [9.17, 15) is 8.78 Å². The summed E-state index contributed by atoms with van der Waals surface area (Å²) in [5.41, 5.74) is 3.26. The van der Waals surface area contributed by atoms with Gasteiger partial charge in [0.05, 0.1) is 11.4 Å². The minimum Gasteiger partial charge on any atom is -0.453 e. The Kier molecular flexibility index (Phi) is 4.53. The number of allylic oxidation sites excluding steroid dienone is 2. The molecule has 0 bridgehead atoms. The molecule has 0 saturated heterocycles. The molecule has 4 rings (SSSR count). The van der Waals surface area contributed by atoms with Gasteiger partial charge < -0.3 is 9.64 Å². The Bertz CT molecular complexity index is 1100. The molecule has 3 aromatic rings. The van der Waals surface area contributed by atoms with E-state index in [-0.39, 0.29) is 5.56 Å². The lowest BCUT2D eigenvalue weighted by Gasteiger charge is -2.33. The minimum atomic E-state index is -0.477. The summed E-state index contributed by atoms with van der Waals surface area (Å²) >= 11 is 0. The largest absolute Gasteiger partial charge is 0.453 e. The van der Waals surface area contributed by atoms with Crippen LogP contribution in [0.2, 0.25) is 0 Å². The zero-order valence-corrected chi connectivity index (χ0v) is 15.0. The van der Waals surface area contributed by atoms with E-state index in [0.29, 0.717) is 17.1 Å². The highest BCUT2D eigenvalue weighted by molar-refractivity contribution is 5.79. The molecule has 4 heteroatoms. The van der Waals surface area contributed by atoms with E-state index in [1.807, 2.05) is 41.3 Å². The molecule has 0 amide bonds. The van der Waals surface area contributed by atoms with Crippen molar-refractivity contribution in [3.05, 3.63) is 115 Å². The van der Waals surface area contributed by atoms with Crippen molar-refractivity contribution < 1.29 is 13.5 Å². The molecule has 28 heavy (non-hydrogen) atoms. The number of nitrogens with zero attached hydrogens (tertiary/aromatic N) is 1. The predicted octanol–water partition coefficient (Wildman–Crippen LogP) is 6.75. The molecule has 0 spiro atoms. The SMILES string of the molecule is C=CC1=C(C=C)N(c2ccc(-c3cc(F)ccc3F)cc2)c2ccccc2O1. The average molecular weight is 373 g/mol. The van der Waals surface area contributed by atoms with Crippen molar-refractivity contribution in [3.63, 3.8) is 0 Å². The van der Waals surface area contributed by atoms with Crippen LogP contribution in [0.15, 0.2) is 103 Å². The van der Waals surface area contributed by atoms with Gasteiger partial charge in [-0.15, -0.1) is 0 Å². The summed E-state index contributed by atoms with van der Waals surface area (Å²) in [4.78, 5) is 1.99. The molecule has 0 aliphatic carbocycles. The van der Waals surface area contributed by atoms with E-state index < -0.39 is 11.6 Å². The zero-order chi connectivity index (χ0) is 19.7. The van der Waals surface area contributed by atoms with Crippen LogP contribution in [0.5, 0.6) is 5.75 Å². The van der Waals surface area contributed by atoms with Crippen molar-refractivity contribution in [1.82, 2.24) is 0 Å². The Labute approximate surface area is 162 Å². The minimum absolute atomic E-state index is 0.222. The van der Waals surface area contributed by atoms with Gasteiger partial charge in [-0.25, -0.2) is 8.78 Å². The molecule has 0 unspecified atom stereocenters. The van der Waals surface area contributed by atoms with Crippen LogP contribution < -0.4 is 9.64 Å². The summed E-state index contributed by atoms with van der Waals surface area (Å²) in [6.45, 7) is 7.72. The van der Waals surface area contributed by atoms with Gasteiger partial charge in [0.25, 0.3) is 0 Å². The smallest absolute Gasteiger partial charge is 0.151 e. The number of hydrogen-bond donors (Lipinski definition) is 0. The second kappa shape index (κ2) is 7.16. The number of fused-ring (bicyclic) bond motifs is 1. The maximum atomic E-state index is 14.1. The van der Waals surface area contributed by atoms with Crippen LogP contribution in [0.3, 0.4) is 0 Å². The highest BCUT2D eigenvalue weighted by Gasteiger charge is 2.25. The Morgan fingerprint density at radius 3 is 2.32 bits per heavy atom. The Morgan fingerprint density at radius 2 is 1.61 bits per heavy atom. The molecule has 0 N–H and O–H groups in total. The Hall–Kier alpha value is -3.66. The summed E-state index contributed by atoms with van der Waals surface area (Å²) in [5.74, 6) is 0.346. The lowest BCUT2D eigenvalue weighted by molar-refractivity contribution is 0.431. The number of halogens is 2. The summed E-state index contributed by atoms with van der Waals surface area (Å²) in [5, 5.41) is 0. The van der Waals surface area contributed by atoms with Crippen molar-refractivity contribution >= 4 is 11.4 Å². The van der Waals surface area contributed by atoms with E-state index in [0.717, 1.165) is 29.2 Å². The molecule has 1 heterocycles. The fourth-order valence-corrected chi connectivity index (χ4v) is 3.26. The molecule has 1 aliphatic rings. The maximum absolute atomic E-state index is 14.1. The molecule has 2 nitrogen and oxygen atoms in total. The van der Waals surface area contributed by atoms with Crippen molar-refractivity contribution in [2.24, 2.45) is 0 Å². The first-order chi connectivity index (χ1) is 13.6. The van der Waals surface area contributed by atoms with Crippen LogP contribution in [-0.2, 0) is 0 Å². The Balaban J connectivity index is 1.82. The number of rotatable bonds is 4. The second-order valence-electron chi connectivity index (χ2n) is 6.23. The van der Waals surface area contributed by atoms with Gasteiger partial charge in [-0.1, -0.05) is 37.4 Å². The first kappa shape index (κ1) is 17.7. The summed E-state index contributed by atoms with van der Waals surface area (Å²) in [6, 6.07) is 18.3. The van der Waals surface area contributed by atoms with Gasteiger partial charge in [-0.3, -0.25) is 0 Å². The van der Waals surface area contributed by atoms with E-state index in [4.69, 9.17) is 4.74 Å². The van der Waals surface area contributed by atoms with Crippen LogP contribution in [-0.4, -0.2) is 0 Å². The normalized spacial score (nSPS) is 13.0. The summed E-state index contributed by atoms with van der Waals surface area (Å²) in [7, 11) is 0. The van der Waals surface area contributed by atoms with E-state index in [1.54, 1.807) is 24.3 Å². The average Bonchev–Trinajstić information content (AvgIpc) is 2.74. The predicted molar refractivity (Wildman–Crippen MR) is 108 cm³/mol. The summed E-state index contributed by atoms with van der Waals surface area (Å²) in [6.07, 6.45) is 3.34. The van der Waals surface area contributed by atoms with Gasteiger partial charge in [0.2, 0.25) is 0 Å². The van der Waals surface area contributed by atoms with Crippen molar-refractivity contribution in [3.8, 4) is 16.9 Å². The van der Waals surface area contributed by atoms with Gasteiger partial charge in [0.15, 0.2) is 11.5 Å². The standard InChI is InChI=1S/C24H17F2NO/c1-3-21-23(4-2)28-24-8-6-5-7-22(24)27(21)18-12-9-16(10-13-18)19-15-17(25)11-14-20(19)26/h3-15H,1-2H2. The molecule has 1 aliphatic heterocycles. The number of benzene rings is 3. The van der Waals surface area contributed by atoms with Crippen LogP contribution in [0.25, 0.3) is 11.1 Å². The van der Waals surface area contributed by atoms with Crippen molar-refractivity contribution in [2.75, 3.05) is 4.90 Å². The van der Waals surface area contributed by atoms with Crippen LogP contribution in [0.1, 0.15) is 0 Å². The highest BCUT2D eigenvalue weighted by atomic mass is 19.1. The molecule has 0 saturated carbocycles. The van der Waals surface area contributed by atoms with Crippen LogP contribution >= 0.6 is 0 Å². The van der Waals surface area contributed by atoms with E-state index in [1.165, 1.54) is 6.07 Å². The number of hydrogen-bond acceptors (Lipinski definition) is 2. The van der Waals surface area contributed by atoms with Gasteiger partial charge in [0.1, 0.15) is 11.6 Å². The van der Waals surface area contributed by atoms with Crippen molar-refractivity contribution in [2.45, 2.75) is 0 Å². The summed E-state index contributed by atoms with van der Waals surface area (Å²) < 4.78 is 33.5. The molecular weight excluding hydrogens is 356 g/mol. The second-order valence-corrected chi connectivity index (χ2v) is 6.23. The van der Waals surface area contributed by atoms with Gasteiger partial charge in [0, 0.05) is 11.3 Å². The lowest BCUT2D eigenvalue weighted by Crippen LogP contribution is -2.22. The fourth-order valence-electron chi connectivity index (χ4n) is 3.26. The first-order valence-corrected chi connectivity index (χ1v) is 8.74. The quantitative estimate of drug-likeness (QED) is 0.502. The maximum Gasteiger partial charge on any atom is 0.151 e. The number of ether oxygens (including phenoxy) is 1. The molecule has 3 aromatic carbocycles. The van der Waals surface area contributed by atoms with Gasteiger partial charge >= 0.3 is 0 Å². The van der Waals surface area contributed by atoms with Crippen LogP contribution in [0.4, 0.5) is 20.2 Å².